The Kier molecular flexibility index (Phi) is 7.18. The number of aryl methyl sites for hydroxylation is 1. The largest absolute Gasteiger partial charge is 0.495 e. The van der Waals surface area contributed by atoms with Crippen molar-refractivity contribution in [1.82, 2.24) is 10.2 Å². The molecule has 8 nitrogen and oxygen atoms in total. The van der Waals surface area contributed by atoms with Gasteiger partial charge in [0.05, 0.1) is 36.2 Å². The van der Waals surface area contributed by atoms with E-state index in [-0.39, 0.29) is 22.4 Å². The summed E-state index contributed by atoms with van der Waals surface area (Å²) < 4.78 is 63.3. The van der Waals surface area contributed by atoms with Crippen LogP contribution in [0.15, 0.2) is 45.9 Å². The second kappa shape index (κ2) is 9.77. The molecule has 10 heteroatoms. The smallest absolute Gasteiger partial charge is 0.187 e. The zero-order chi connectivity index (χ0) is 23.6. The Hall–Kier alpha value is -1.88. The summed E-state index contributed by atoms with van der Waals surface area (Å²) in [4.78, 5) is 2.36. The second-order valence-corrected chi connectivity index (χ2v) is 13.2. The van der Waals surface area contributed by atoms with E-state index in [2.05, 4.69) is 10.2 Å². The fourth-order valence-electron chi connectivity index (χ4n) is 4.86. The van der Waals surface area contributed by atoms with Gasteiger partial charge in [0.2, 0.25) is 0 Å². The molecule has 0 saturated carbocycles. The molecular formula is C23H32N2O6S2. The molecule has 2 fully saturated rings. The number of nitrogens with zero attached hydrogens (tertiary/aromatic N) is 1. The maximum absolute atomic E-state index is 13.6. The Morgan fingerprint density at radius 2 is 1.94 bits per heavy atom. The molecule has 1 aromatic heterocycles. The first-order valence-corrected chi connectivity index (χ1v) is 14.7. The van der Waals surface area contributed by atoms with E-state index >= 15 is 0 Å². The van der Waals surface area contributed by atoms with Gasteiger partial charge < -0.3 is 14.5 Å². The van der Waals surface area contributed by atoms with Gasteiger partial charge in [0.1, 0.15) is 16.4 Å². The number of nitrogens with one attached hydrogen (secondary N) is 1. The topological polar surface area (TPSA) is 106 Å². The number of rotatable bonds is 8. The highest BCUT2D eigenvalue weighted by atomic mass is 32.2. The summed E-state index contributed by atoms with van der Waals surface area (Å²) in [5, 5.41) is 2.21. The standard InChI is InChI=1S/C23H32N2O6S2/c1-17-8-9-21(30-2)22(13-17)33(28,29)23-16-32(26,27)15-18(23)24-14-19(20-7-6-12-31-20)25-10-4-3-5-11-25/h6-9,12-13,18-19,23-24H,3-5,10-11,14-16H2,1-2H3/t18-,19?,23-/m0/s1. The average Bonchev–Trinajstić information content (AvgIpc) is 3.42. The molecule has 1 unspecified atom stereocenters. The van der Waals surface area contributed by atoms with Gasteiger partial charge in [-0.2, -0.15) is 0 Å². The number of ether oxygens (including phenoxy) is 1. The highest BCUT2D eigenvalue weighted by molar-refractivity contribution is 7.96. The molecule has 0 radical (unpaired) electrons. The van der Waals surface area contributed by atoms with Crippen molar-refractivity contribution in [2.75, 3.05) is 38.2 Å². The Morgan fingerprint density at radius 1 is 1.18 bits per heavy atom. The van der Waals surface area contributed by atoms with Gasteiger partial charge in [-0.15, -0.1) is 0 Å². The van der Waals surface area contributed by atoms with Crippen molar-refractivity contribution < 1.29 is 26.0 Å². The summed E-state index contributed by atoms with van der Waals surface area (Å²) in [6, 6.07) is 7.88. The van der Waals surface area contributed by atoms with Crippen LogP contribution in [0, 0.1) is 6.92 Å². The normalized spacial score (nSPS) is 24.5. The Bertz CT molecular complexity index is 1160. The maximum Gasteiger partial charge on any atom is 0.187 e. The fourth-order valence-corrected chi connectivity index (χ4v) is 9.82. The average molecular weight is 497 g/mol. The van der Waals surface area contributed by atoms with Gasteiger partial charge >= 0.3 is 0 Å². The number of piperidine rings is 1. The van der Waals surface area contributed by atoms with Crippen LogP contribution in [-0.2, 0) is 19.7 Å². The lowest BCUT2D eigenvalue weighted by atomic mass is 10.1. The summed E-state index contributed by atoms with van der Waals surface area (Å²) in [5.74, 6) is 0.408. The number of furan rings is 1. The molecular weight excluding hydrogens is 464 g/mol. The second-order valence-electron chi connectivity index (χ2n) is 8.96. The molecule has 182 valence electrons. The molecule has 3 heterocycles. The summed E-state index contributed by atoms with van der Waals surface area (Å²) >= 11 is 0. The van der Waals surface area contributed by atoms with E-state index in [1.165, 1.54) is 13.5 Å². The van der Waals surface area contributed by atoms with Gasteiger partial charge in [0.25, 0.3) is 0 Å². The lowest BCUT2D eigenvalue weighted by Crippen LogP contribution is -2.47. The van der Waals surface area contributed by atoms with Crippen molar-refractivity contribution >= 4 is 19.7 Å². The lowest BCUT2D eigenvalue weighted by molar-refractivity contribution is 0.141. The Labute approximate surface area is 196 Å². The third-order valence-corrected chi connectivity index (χ3v) is 10.8. The van der Waals surface area contributed by atoms with E-state index in [9.17, 15) is 16.8 Å². The van der Waals surface area contributed by atoms with E-state index in [1.807, 2.05) is 12.1 Å². The Balaban J connectivity index is 1.60. The molecule has 2 aliphatic heterocycles. The van der Waals surface area contributed by atoms with Crippen LogP contribution in [-0.4, -0.2) is 71.3 Å². The number of likely N-dealkylation sites (tertiary alicyclic amines) is 1. The molecule has 4 rings (SSSR count). The lowest BCUT2D eigenvalue weighted by Gasteiger charge is -2.34. The van der Waals surface area contributed by atoms with E-state index in [1.54, 1.807) is 31.4 Å². The van der Waals surface area contributed by atoms with Gasteiger partial charge in [-0.3, -0.25) is 4.90 Å². The van der Waals surface area contributed by atoms with E-state index < -0.39 is 36.7 Å². The molecule has 2 aliphatic rings. The highest BCUT2D eigenvalue weighted by Gasteiger charge is 2.47. The van der Waals surface area contributed by atoms with Crippen molar-refractivity contribution in [2.45, 2.75) is 48.4 Å². The van der Waals surface area contributed by atoms with Crippen LogP contribution >= 0.6 is 0 Å². The molecule has 2 aromatic rings. The third-order valence-electron chi connectivity index (χ3n) is 6.60. The minimum absolute atomic E-state index is 0.0394. The van der Waals surface area contributed by atoms with Crippen LogP contribution in [0.3, 0.4) is 0 Å². The number of benzene rings is 1. The van der Waals surface area contributed by atoms with Crippen LogP contribution in [0.4, 0.5) is 0 Å². The Morgan fingerprint density at radius 3 is 2.61 bits per heavy atom. The van der Waals surface area contributed by atoms with Crippen LogP contribution < -0.4 is 10.1 Å². The van der Waals surface area contributed by atoms with Crippen molar-refractivity contribution in [3.05, 3.63) is 47.9 Å². The van der Waals surface area contributed by atoms with Crippen LogP contribution in [0.1, 0.15) is 36.6 Å². The number of hydrogen-bond donors (Lipinski definition) is 1. The molecule has 0 amide bonds. The summed E-state index contributed by atoms with van der Waals surface area (Å²) in [6.45, 7) is 4.06. The van der Waals surface area contributed by atoms with Crippen LogP contribution in [0.2, 0.25) is 0 Å². The number of hydrogen-bond acceptors (Lipinski definition) is 8. The van der Waals surface area contributed by atoms with Gasteiger partial charge in [0, 0.05) is 12.6 Å². The highest BCUT2D eigenvalue weighted by Crippen LogP contribution is 2.33. The molecule has 0 aliphatic carbocycles. The zero-order valence-electron chi connectivity index (χ0n) is 19.1. The predicted molar refractivity (Wildman–Crippen MR) is 126 cm³/mol. The summed E-state index contributed by atoms with van der Waals surface area (Å²) in [6.07, 6.45) is 5.01. The molecule has 0 bridgehead atoms. The number of methoxy groups -OCH3 is 1. The minimum atomic E-state index is -3.95. The van der Waals surface area contributed by atoms with Gasteiger partial charge in [-0.1, -0.05) is 12.5 Å². The van der Waals surface area contributed by atoms with E-state index in [4.69, 9.17) is 9.15 Å². The fraction of sp³-hybridized carbons (Fsp3) is 0.565. The first kappa shape index (κ1) is 24.3. The van der Waals surface area contributed by atoms with Crippen LogP contribution in [0.25, 0.3) is 0 Å². The van der Waals surface area contributed by atoms with E-state index in [0.29, 0.717) is 6.54 Å². The third kappa shape index (κ3) is 5.29. The van der Waals surface area contributed by atoms with Crippen molar-refractivity contribution in [3.8, 4) is 5.75 Å². The van der Waals surface area contributed by atoms with E-state index in [0.717, 1.165) is 37.3 Å². The first-order chi connectivity index (χ1) is 15.7. The van der Waals surface area contributed by atoms with Crippen molar-refractivity contribution in [2.24, 2.45) is 0 Å². The molecule has 0 spiro atoms. The molecule has 1 N–H and O–H groups in total. The van der Waals surface area contributed by atoms with Crippen LogP contribution in [0.5, 0.6) is 5.75 Å². The van der Waals surface area contributed by atoms with Gasteiger partial charge in [-0.05, 0) is 62.7 Å². The van der Waals surface area contributed by atoms with Crippen molar-refractivity contribution in [1.29, 1.82) is 0 Å². The molecule has 33 heavy (non-hydrogen) atoms. The minimum Gasteiger partial charge on any atom is -0.495 e. The molecule has 1 aromatic carbocycles. The number of sulfone groups is 2. The zero-order valence-corrected chi connectivity index (χ0v) is 20.7. The quantitative estimate of drug-likeness (QED) is 0.594. The monoisotopic (exact) mass is 496 g/mol. The van der Waals surface area contributed by atoms with Gasteiger partial charge in [0.15, 0.2) is 19.7 Å². The summed E-state index contributed by atoms with van der Waals surface area (Å²) in [7, 11) is -6.05. The predicted octanol–water partition coefficient (Wildman–Crippen LogP) is 2.35. The van der Waals surface area contributed by atoms with Crippen molar-refractivity contribution in [3.63, 3.8) is 0 Å². The summed E-state index contributed by atoms with van der Waals surface area (Å²) in [5.41, 5.74) is 0.766. The maximum atomic E-state index is 13.6. The SMILES string of the molecule is COc1ccc(C)cc1S(=O)(=O)[C@H]1CS(=O)(=O)C[C@@H]1NCC(c1ccco1)N1CCCCC1. The molecule has 2 saturated heterocycles. The molecule has 3 atom stereocenters. The van der Waals surface area contributed by atoms with Gasteiger partial charge in [-0.25, -0.2) is 16.8 Å². The first-order valence-electron chi connectivity index (χ1n) is 11.3.